The van der Waals surface area contributed by atoms with Gasteiger partial charge in [0.15, 0.2) is 0 Å². The standard InChI is InChI=1S/C14H27NO3/c1-11(2)9-14(10-16)15(7-5-12(3)17)8-6-13(4)18/h11,14,16H,5-10H2,1-4H3. The lowest BCUT2D eigenvalue weighted by atomic mass is 10.0. The lowest BCUT2D eigenvalue weighted by molar-refractivity contribution is -0.117. The molecule has 18 heavy (non-hydrogen) atoms. The maximum Gasteiger partial charge on any atom is 0.131 e. The van der Waals surface area contributed by atoms with Crippen LogP contribution in [0.3, 0.4) is 0 Å². The summed E-state index contributed by atoms with van der Waals surface area (Å²) >= 11 is 0. The van der Waals surface area contributed by atoms with E-state index in [1.807, 2.05) is 0 Å². The Hall–Kier alpha value is -0.740. The molecule has 0 radical (unpaired) electrons. The molecular weight excluding hydrogens is 230 g/mol. The van der Waals surface area contributed by atoms with Crippen molar-refractivity contribution >= 4 is 11.6 Å². The Morgan fingerprint density at radius 1 is 1.06 bits per heavy atom. The zero-order valence-corrected chi connectivity index (χ0v) is 12.1. The largest absolute Gasteiger partial charge is 0.395 e. The van der Waals surface area contributed by atoms with E-state index in [1.54, 1.807) is 13.8 Å². The molecule has 0 saturated heterocycles. The molecule has 0 bridgehead atoms. The third-order valence-electron chi connectivity index (χ3n) is 2.97. The van der Waals surface area contributed by atoms with Crippen molar-refractivity contribution in [3.63, 3.8) is 0 Å². The van der Waals surface area contributed by atoms with Crippen molar-refractivity contribution in [3.8, 4) is 0 Å². The van der Waals surface area contributed by atoms with Crippen molar-refractivity contribution in [3.05, 3.63) is 0 Å². The Kier molecular flexibility index (Phi) is 8.85. The zero-order valence-electron chi connectivity index (χ0n) is 12.1. The molecule has 0 aromatic heterocycles. The summed E-state index contributed by atoms with van der Waals surface area (Å²) in [5.41, 5.74) is 0. The summed E-state index contributed by atoms with van der Waals surface area (Å²) in [6.07, 6.45) is 1.84. The first kappa shape index (κ1) is 17.3. The highest BCUT2D eigenvalue weighted by Gasteiger charge is 2.19. The van der Waals surface area contributed by atoms with Gasteiger partial charge in [-0.1, -0.05) is 13.8 Å². The monoisotopic (exact) mass is 257 g/mol. The molecule has 0 saturated carbocycles. The van der Waals surface area contributed by atoms with Gasteiger partial charge < -0.3 is 5.11 Å². The van der Waals surface area contributed by atoms with Crippen LogP contribution in [0.5, 0.6) is 0 Å². The first-order valence-electron chi connectivity index (χ1n) is 6.70. The van der Waals surface area contributed by atoms with E-state index in [9.17, 15) is 14.7 Å². The van der Waals surface area contributed by atoms with E-state index in [2.05, 4.69) is 18.7 Å². The molecule has 0 aliphatic heterocycles. The van der Waals surface area contributed by atoms with E-state index >= 15 is 0 Å². The number of aliphatic hydroxyl groups is 1. The SMILES string of the molecule is CC(=O)CCN(CCC(C)=O)C(CO)CC(C)C. The molecule has 0 spiro atoms. The number of rotatable bonds is 10. The second-order valence-corrected chi connectivity index (χ2v) is 5.41. The number of nitrogens with zero attached hydrogens (tertiary/aromatic N) is 1. The molecule has 106 valence electrons. The van der Waals surface area contributed by atoms with E-state index in [-0.39, 0.29) is 24.2 Å². The summed E-state index contributed by atoms with van der Waals surface area (Å²) in [6.45, 7) is 8.68. The molecule has 4 nitrogen and oxygen atoms in total. The zero-order chi connectivity index (χ0) is 14.1. The number of Topliss-reactive ketones (excluding diaryl/α,β-unsaturated/α-hetero) is 2. The Morgan fingerprint density at radius 3 is 1.78 bits per heavy atom. The van der Waals surface area contributed by atoms with Crippen LogP contribution < -0.4 is 0 Å². The molecule has 1 N–H and O–H groups in total. The fourth-order valence-corrected chi connectivity index (χ4v) is 1.96. The molecule has 1 unspecified atom stereocenters. The fourth-order valence-electron chi connectivity index (χ4n) is 1.96. The summed E-state index contributed by atoms with van der Waals surface area (Å²) in [4.78, 5) is 24.2. The van der Waals surface area contributed by atoms with E-state index in [0.29, 0.717) is 31.8 Å². The molecular formula is C14H27NO3. The highest BCUT2D eigenvalue weighted by molar-refractivity contribution is 5.76. The van der Waals surface area contributed by atoms with Crippen molar-refractivity contribution in [2.75, 3.05) is 19.7 Å². The second-order valence-electron chi connectivity index (χ2n) is 5.41. The van der Waals surface area contributed by atoms with Gasteiger partial charge in [0, 0.05) is 32.0 Å². The summed E-state index contributed by atoms with van der Waals surface area (Å²) in [6, 6.07) is 0.0451. The quantitative estimate of drug-likeness (QED) is 0.646. The number of ketones is 2. The van der Waals surface area contributed by atoms with Crippen LogP contribution in [0.1, 0.15) is 47.0 Å². The van der Waals surface area contributed by atoms with E-state index in [1.165, 1.54) is 0 Å². The Labute approximate surface area is 110 Å². The van der Waals surface area contributed by atoms with Gasteiger partial charge in [-0.15, -0.1) is 0 Å². The molecule has 0 aliphatic rings. The van der Waals surface area contributed by atoms with Gasteiger partial charge >= 0.3 is 0 Å². The van der Waals surface area contributed by atoms with Gasteiger partial charge in [0.25, 0.3) is 0 Å². The van der Waals surface area contributed by atoms with Gasteiger partial charge in [0.05, 0.1) is 6.61 Å². The van der Waals surface area contributed by atoms with Gasteiger partial charge in [-0.25, -0.2) is 0 Å². The topological polar surface area (TPSA) is 57.6 Å². The normalized spacial score (nSPS) is 13.1. The maximum absolute atomic E-state index is 11.1. The van der Waals surface area contributed by atoms with Crippen LogP contribution in [0, 0.1) is 5.92 Å². The van der Waals surface area contributed by atoms with Crippen molar-refractivity contribution in [2.45, 2.75) is 53.0 Å². The van der Waals surface area contributed by atoms with Gasteiger partial charge in [-0.3, -0.25) is 14.5 Å². The van der Waals surface area contributed by atoms with Gasteiger partial charge in [-0.2, -0.15) is 0 Å². The third-order valence-corrected chi connectivity index (χ3v) is 2.97. The lowest BCUT2D eigenvalue weighted by Gasteiger charge is -2.31. The van der Waals surface area contributed by atoms with Crippen LogP contribution in [-0.4, -0.2) is 47.3 Å². The molecule has 0 aromatic carbocycles. The van der Waals surface area contributed by atoms with Crippen LogP contribution in [0.25, 0.3) is 0 Å². The Morgan fingerprint density at radius 2 is 1.50 bits per heavy atom. The summed E-state index contributed by atoms with van der Waals surface area (Å²) < 4.78 is 0. The summed E-state index contributed by atoms with van der Waals surface area (Å²) in [5, 5.41) is 9.46. The number of carbonyl (C=O) groups excluding carboxylic acids is 2. The number of hydrogen-bond donors (Lipinski definition) is 1. The predicted molar refractivity (Wildman–Crippen MR) is 72.5 cm³/mol. The van der Waals surface area contributed by atoms with Gasteiger partial charge in [0.2, 0.25) is 0 Å². The third kappa shape index (κ3) is 8.37. The second kappa shape index (κ2) is 9.22. The number of aliphatic hydroxyl groups excluding tert-OH is 1. The minimum atomic E-state index is 0.0451. The van der Waals surface area contributed by atoms with Gasteiger partial charge in [-0.05, 0) is 26.2 Å². The minimum Gasteiger partial charge on any atom is -0.395 e. The van der Waals surface area contributed by atoms with E-state index in [0.717, 1.165) is 6.42 Å². The van der Waals surface area contributed by atoms with E-state index < -0.39 is 0 Å². The van der Waals surface area contributed by atoms with Crippen LogP contribution in [0.2, 0.25) is 0 Å². The molecule has 0 aromatic rings. The first-order valence-corrected chi connectivity index (χ1v) is 6.70. The summed E-state index contributed by atoms with van der Waals surface area (Å²) in [5.74, 6) is 0.771. The van der Waals surface area contributed by atoms with Crippen LogP contribution >= 0.6 is 0 Å². The molecule has 0 aliphatic carbocycles. The maximum atomic E-state index is 11.1. The van der Waals surface area contributed by atoms with Crippen molar-refractivity contribution in [2.24, 2.45) is 5.92 Å². The van der Waals surface area contributed by atoms with Crippen LogP contribution in [0.4, 0.5) is 0 Å². The average molecular weight is 257 g/mol. The van der Waals surface area contributed by atoms with Crippen molar-refractivity contribution in [1.29, 1.82) is 0 Å². The molecule has 4 heteroatoms. The minimum absolute atomic E-state index is 0.0451. The van der Waals surface area contributed by atoms with Crippen LogP contribution in [0.15, 0.2) is 0 Å². The summed E-state index contributed by atoms with van der Waals surface area (Å²) in [7, 11) is 0. The molecule has 0 fully saturated rings. The first-order chi connectivity index (χ1) is 8.36. The van der Waals surface area contributed by atoms with Gasteiger partial charge in [0.1, 0.15) is 11.6 Å². The smallest absolute Gasteiger partial charge is 0.131 e. The Bertz CT molecular complexity index is 246. The number of carbonyl (C=O) groups is 2. The highest BCUT2D eigenvalue weighted by atomic mass is 16.3. The van der Waals surface area contributed by atoms with E-state index in [4.69, 9.17) is 0 Å². The highest BCUT2D eigenvalue weighted by Crippen LogP contribution is 2.12. The number of hydrogen-bond acceptors (Lipinski definition) is 4. The average Bonchev–Trinajstić information content (AvgIpc) is 2.25. The Balaban J connectivity index is 4.47. The van der Waals surface area contributed by atoms with Crippen molar-refractivity contribution < 1.29 is 14.7 Å². The fraction of sp³-hybridized carbons (Fsp3) is 0.857. The molecule has 0 amide bonds. The molecule has 1 atom stereocenters. The molecule has 0 rings (SSSR count). The predicted octanol–water partition coefficient (Wildman–Crippen LogP) is 1.65. The lowest BCUT2D eigenvalue weighted by Crippen LogP contribution is -2.41. The van der Waals surface area contributed by atoms with Crippen LogP contribution in [-0.2, 0) is 9.59 Å². The molecule has 0 heterocycles. The van der Waals surface area contributed by atoms with Crippen molar-refractivity contribution in [1.82, 2.24) is 4.90 Å².